The quantitative estimate of drug-likeness (QED) is 0.673. The molecule has 0 N–H and O–H groups in total. The van der Waals surface area contributed by atoms with Gasteiger partial charge in [-0.3, -0.25) is 4.40 Å². The van der Waals surface area contributed by atoms with Crippen molar-refractivity contribution in [3.63, 3.8) is 0 Å². The molecule has 3 rings (SSSR count). The maximum Gasteiger partial charge on any atom is 0.199 e. The molecule has 7 heteroatoms. The van der Waals surface area contributed by atoms with Crippen LogP contribution in [0.5, 0.6) is 0 Å². The van der Waals surface area contributed by atoms with Crippen LogP contribution in [0.4, 0.5) is 0 Å². The third-order valence-corrected chi connectivity index (χ3v) is 4.56. The van der Waals surface area contributed by atoms with Gasteiger partial charge in [0.15, 0.2) is 16.6 Å². The minimum atomic E-state index is 0.381. The molecule has 0 aromatic carbocycles. The lowest BCUT2D eigenvalue weighted by molar-refractivity contribution is 1.00. The summed E-state index contributed by atoms with van der Waals surface area (Å²) < 4.78 is 3.00. The number of halogens is 2. The Morgan fingerprint density at radius 2 is 2.11 bits per heavy atom. The Bertz CT molecular complexity index is 749. The van der Waals surface area contributed by atoms with Crippen molar-refractivity contribution >= 4 is 44.5 Å². The smallest absolute Gasteiger partial charge is 0.199 e. The summed E-state index contributed by atoms with van der Waals surface area (Å²) in [6.45, 7) is 3.91. The number of thiophene rings is 1. The molecular weight excluding hydrogens is 336 g/mol. The Labute approximate surface area is 121 Å². The van der Waals surface area contributed by atoms with E-state index >= 15 is 0 Å². The number of fused-ring (bicyclic) bond motifs is 1. The molecule has 18 heavy (non-hydrogen) atoms. The van der Waals surface area contributed by atoms with E-state index in [4.69, 9.17) is 11.6 Å². The van der Waals surface area contributed by atoms with Crippen molar-refractivity contribution in [2.24, 2.45) is 0 Å². The third kappa shape index (κ3) is 1.75. The van der Waals surface area contributed by atoms with Crippen molar-refractivity contribution in [2.45, 2.75) is 13.8 Å². The lowest BCUT2D eigenvalue weighted by atomic mass is 10.3. The first-order valence-electron chi connectivity index (χ1n) is 5.20. The largest absolute Gasteiger partial charge is 0.275 e. The topological polar surface area (TPSA) is 43.1 Å². The predicted octanol–water partition coefficient (Wildman–Crippen LogP) is 3.89. The Balaban J connectivity index is 2.38. The summed E-state index contributed by atoms with van der Waals surface area (Å²) in [4.78, 5) is 4.25. The van der Waals surface area contributed by atoms with Crippen LogP contribution in [0.3, 0.4) is 0 Å². The molecule has 0 spiro atoms. The maximum atomic E-state index is 6.10. The Kier molecular flexibility index (Phi) is 2.88. The summed E-state index contributed by atoms with van der Waals surface area (Å²) in [6.07, 6.45) is 0. The standard InChI is InChI=1S/C11H8BrClN4S/c1-5-6(2)17-10(7-3-8(12)18-4-7)15-16-11(17)9(13)14-5/h3-4H,1-2H3. The van der Waals surface area contributed by atoms with Crippen LogP contribution in [0.25, 0.3) is 17.0 Å². The lowest BCUT2D eigenvalue weighted by Crippen LogP contribution is -2.00. The Morgan fingerprint density at radius 1 is 1.33 bits per heavy atom. The number of hydrogen-bond acceptors (Lipinski definition) is 4. The predicted molar refractivity (Wildman–Crippen MR) is 76.3 cm³/mol. The normalized spacial score (nSPS) is 11.3. The third-order valence-electron chi connectivity index (χ3n) is 2.80. The second-order valence-corrected chi connectivity index (χ2v) is 6.54. The molecule has 0 bridgehead atoms. The molecule has 0 aliphatic rings. The molecule has 0 fully saturated rings. The highest BCUT2D eigenvalue weighted by atomic mass is 79.9. The molecule has 0 saturated heterocycles. The summed E-state index contributed by atoms with van der Waals surface area (Å²) in [7, 11) is 0. The van der Waals surface area contributed by atoms with Crippen molar-refractivity contribution < 1.29 is 0 Å². The van der Waals surface area contributed by atoms with Crippen LogP contribution in [0.1, 0.15) is 11.4 Å². The van der Waals surface area contributed by atoms with Gasteiger partial charge in [0, 0.05) is 16.6 Å². The zero-order valence-electron chi connectivity index (χ0n) is 9.61. The molecule has 0 saturated carbocycles. The van der Waals surface area contributed by atoms with Crippen molar-refractivity contribution in [2.75, 3.05) is 0 Å². The Morgan fingerprint density at radius 3 is 2.78 bits per heavy atom. The molecule has 4 nitrogen and oxygen atoms in total. The van der Waals surface area contributed by atoms with Gasteiger partial charge in [0.2, 0.25) is 0 Å². The van der Waals surface area contributed by atoms with E-state index in [-0.39, 0.29) is 0 Å². The van der Waals surface area contributed by atoms with Crippen LogP contribution in [-0.2, 0) is 0 Å². The summed E-state index contributed by atoms with van der Waals surface area (Å²) in [5.74, 6) is 0.789. The number of aromatic nitrogens is 4. The van der Waals surface area contributed by atoms with Crippen LogP contribution < -0.4 is 0 Å². The second-order valence-electron chi connectivity index (χ2n) is 3.90. The van der Waals surface area contributed by atoms with Gasteiger partial charge in [0.25, 0.3) is 0 Å². The monoisotopic (exact) mass is 342 g/mol. The van der Waals surface area contributed by atoms with Crippen LogP contribution in [0, 0.1) is 13.8 Å². The molecule has 3 aromatic rings. The molecule has 0 atom stereocenters. The highest BCUT2D eigenvalue weighted by molar-refractivity contribution is 9.11. The Hall–Kier alpha value is -0.980. The highest BCUT2D eigenvalue weighted by Gasteiger charge is 2.16. The van der Waals surface area contributed by atoms with E-state index in [2.05, 4.69) is 31.1 Å². The van der Waals surface area contributed by atoms with Gasteiger partial charge in [-0.05, 0) is 35.8 Å². The van der Waals surface area contributed by atoms with Crippen molar-refractivity contribution in [1.29, 1.82) is 0 Å². The van der Waals surface area contributed by atoms with E-state index in [0.29, 0.717) is 10.8 Å². The fraction of sp³-hybridized carbons (Fsp3) is 0.182. The molecule has 3 aromatic heterocycles. The zero-order chi connectivity index (χ0) is 12.9. The SMILES string of the molecule is Cc1nc(Cl)c2nnc(-c3csc(Br)c3)n2c1C. The summed E-state index contributed by atoms with van der Waals surface area (Å²) in [5.41, 5.74) is 3.49. The van der Waals surface area contributed by atoms with E-state index in [1.807, 2.05) is 29.7 Å². The number of hydrogen-bond donors (Lipinski definition) is 0. The first kappa shape index (κ1) is 12.1. The van der Waals surface area contributed by atoms with Crippen molar-refractivity contribution in [3.8, 4) is 11.4 Å². The first-order valence-corrected chi connectivity index (χ1v) is 7.25. The van der Waals surface area contributed by atoms with Gasteiger partial charge in [-0.1, -0.05) is 11.6 Å². The van der Waals surface area contributed by atoms with E-state index in [1.165, 1.54) is 0 Å². The van der Waals surface area contributed by atoms with Crippen LogP contribution in [0.15, 0.2) is 15.2 Å². The summed E-state index contributed by atoms with van der Waals surface area (Å²) in [6, 6.07) is 2.02. The average molecular weight is 344 g/mol. The van der Waals surface area contributed by atoms with Gasteiger partial charge in [-0.25, -0.2) is 4.98 Å². The fourth-order valence-electron chi connectivity index (χ4n) is 1.79. The van der Waals surface area contributed by atoms with Gasteiger partial charge in [0.05, 0.1) is 9.48 Å². The number of aryl methyl sites for hydroxylation is 2. The molecule has 0 aliphatic carbocycles. The number of rotatable bonds is 1. The van der Waals surface area contributed by atoms with Crippen LogP contribution in [-0.4, -0.2) is 19.6 Å². The molecule has 0 amide bonds. The maximum absolute atomic E-state index is 6.10. The van der Waals surface area contributed by atoms with Gasteiger partial charge in [0.1, 0.15) is 0 Å². The molecule has 92 valence electrons. The first-order chi connectivity index (χ1) is 8.58. The van der Waals surface area contributed by atoms with E-state index in [9.17, 15) is 0 Å². The molecule has 0 radical (unpaired) electrons. The molecule has 0 unspecified atom stereocenters. The van der Waals surface area contributed by atoms with Gasteiger partial charge in [-0.2, -0.15) is 0 Å². The minimum Gasteiger partial charge on any atom is -0.275 e. The number of nitrogens with zero attached hydrogens (tertiary/aromatic N) is 4. The van der Waals surface area contributed by atoms with E-state index < -0.39 is 0 Å². The van der Waals surface area contributed by atoms with Crippen molar-refractivity contribution in [3.05, 3.63) is 31.8 Å². The van der Waals surface area contributed by atoms with E-state index in [0.717, 1.165) is 26.6 Å². The van der Waals surface area contributed by atoms with Crippen LogP contribution in [0.2, 0.25) is 5.15 Å². The van der Waals surface area contributed by atoms with Crippen molar-refractivity contribution in [1.82, 2.24) is 19.6 Å². The van der Waals surface area contributed by atoms with Gasteiger partial charge < -0.3 is 0 Å². The molecule has 0 aliphatic heterocycles. The van der Waals surface area contributed by atoms with Gasteiger partial charge >= 0.3 is 0 Å². The van der Waals surface area contributed by atoms with Gasteiger partial charge in [-0.15, -0.1) is 21.5 Å². The summed E-state index contributed by atoms with van der Waals surface area (Å²) in [5, 5.41) is 10.7. The summed E-state index contributed by atoms with van der Waals surface area (Å²) >= 11 is 11.2. The van der Waals surface area contributed by atoms with Crippen LogP contribution >= 0.6 is 38.9 Å². The molecule has 3 heterocycles. The highest BCUT2D eigenvalue weighted by Crippen LogP contribution is 2.30. The zero-order valence-corrected chi connectivity index (χ0v) is 12.8. The fourth-order valence-corrected chi connectivity index (χ4v) is 3.17. The molecular formula is C11H8BrClN4S. The second kappa shape index (κ2) is 4.29. The average Bonchev–Trinajstić information content (AvgIpc) is 2.91. The minimum absolute atomic E-state index is 0.381. The lowest BCUT2D eigenvalue weighted by Gasteiger charge is -2.06. The van der Waals surface area contributed by atoms with E-state index in [1.54, 1.807) is 11.3 Å².